The van der Waals surface area contributed by atoms with E-state index in [1.165, 1.54) is 0 Å². The first-order valence-electron chi connectivity index (χ1n) is 6.38. The molecule has 0 aliphatic rings. The van der Waals surface area contributed by atoms with Gasteiger partial charge in [-0.2, -0.15) is 0 Å². The maximum Gasteiger partial charge on any atom is 0.256 e. The van der Waals surface area contributed by atoms with E-state index in [0.29, 0.717) is 0 Å². The van der Waals surface area contributed by atoms with Gasteiger partial charge in [-0.05, 0) is 26.3 Å². The number of rotatable bonds is 7. The zero-order valence-corrected chi connectivity index (χ0v) is 12.8. The molecule has 0 amide bonds. The molecule has 3 nitrogen and oxygen atoms in total. The molecule has 0 heterocycles. The minimum atomic E-state index is -2.63. The highest BCUT2D eigenvalue weighted by molar-refractivity contribution is 7.84. The lowest BCUT2D eigenvalue weighted by Gasteiger charge is -2.23. The molecule has 0 aromatic heterocycles. The molecule has 0 aliphatic heterocycles. The summed E-state index contributed by atoms with van der Waals surface area (Å²) in [6, 6.07) is 8.07. The standard InChI is InChI=1S/C14H21F2NO2S/c1-14(2,3)20(18)17-12(13(15)16)10-19-9-11-7-5-4-6-8-11/h4-8,12-13,17H,9-10H2,1-3H3/t12-,20-/m0/s1. The molecule has 1 N–H and O–H groups in total. The fraction of sp³-hybridized carbons (Fsp3) is 0.571. The summed E-state index contributed by atoms with van der Waals surface area (Å²) in [6.07, 6.45) is -2.63. The fourth-order valence-electron chi connectivity index (χ4n) is 1.35. The van der Waals surface area contributed by atoms with Crippen LogP contribution >= 0.6 is 0 Å². The van der Waals surface area contributed by atoms with Gasteiger partial charge in [0.1, 0.15) is 6.04 Å². The Balaban J connectivity index is 2.46. The number of nitrogens with one attached hydrogen (secondary N) is 1. The molecule has 0 spiro atoms. The van der Waals surface area contributed by atoms with Crippen LogP contribution in [0, 0.1) is 0 Å². The van der Waals surface area contributed by atoms with E-state index in [4.69, 9.17) is 4.74 Å². The second kappa shape index (κ2) is 7.81. The molecule has 0 bridgehead atoms. The van der Waals surface area contributed by atoms with Gasteiger partial charge in [0.15, 0.2) is 0 Å². The van der Waals surface area contributed by atoms with Crippen molar-refractivity contribution >= 4 is 11.0 Å². The van der Waals surface area contributed by atoms with Crippen molar-refractivity contribution in [3.63, 3.8) is 0 Å². The lowest BCUT2D eigenvalue weighted by Crippen LogP contribution is -2.45. The average molecular weight is 305 g/mol. The van der Waals surface area contributed by atoms with E-state index in [0.717, 1.165) is 5.56 Å². The number of ether oxygens (including phenoxy) is 1. The van der Waals surface area contributed by atoms with Crippen LogP contribution in [0.25, 0.3) is 0 Å². The highest BCUT2D eigenvalue weighted by atomic mass is 32.2. The van der Waals surface area contributed by atoms with E-state index < -0.39 is 28.2 Å². The molecule has 114 valence electrons. The van der Waals surface area contributed by atoms with Gasteiger partial charge in [-0.3, -0.25) is 0 Å². The molecule has 0 fully saturated rings. The van der Waals surface area contributed by atoms with Gasteiger partial charge in [0.05, 0.1) is 28.9 Å². The molecule has 0 saturated heterocycles. The molecular weight excluding hydrogens is 284 g/mol. The predicted octanol–water partition coefficient (Wildman–Crippen LogP) is 2.89. The van der Waals surface area contributed by atoms with Crippen LogP contribution in [-0.4, -0.2) is 28.0 Å². The zero-order chi connectivity index (χ0) is 15.2. The van der Waals surface area contributed by atoms with E-state index in [1.807, 2.05) is 30.3 Å². The Labute approximate surface area is 121 Å². The van der Waals surface area contributed by atoms with Crippen molar-refractivity contribution in [1.82, 2.24) is 4.72 Å². The molecule has 0 unspecified atom stereocenters. The summed E-state index contributed by atoms with van der Waals surface area (Å²) < 4.78 is 44.7. The Hall–Kier alpha value is -0.850. The summed E-state index contributed by atoms with van der Waals surface area (Å²) in [6.45, 7) is 5.25. The van der Waals surface area contributed by atoms with Crippen molar-refractivity contribution in [2.24, 2.45) is 0 Å². The van der Waals surface area contributed by atoms with Crippen LogP contribution in [0.5, 0.6) is 0 Å². The van der Waals surface area contributed by atoms with Gasteiger partial charge >= 0.3 is 0 Å². The Kier molecular flexibility index (Phi) is 6.71. The summed E-state index contributed by atoms with van der Waals surface area (Å²) in [4.78, 5) is 0. The second-order valence-electron chi connectivity index (χ2n) is 5.44. The summed E-state index contributed by atoms with van der Waals surface area (Å²) in [7, 11) is -1.55. The number of hydrogen-bond acceptors (Lipinski definition) is 2. The first-order chi connectivity index (χ1) is 9.30. The maximum absolute atomic E-state index is 12.9. The summed E-state index contributed by atoms with van der Waals surface area (Å²) >= 11 is 0. The fourth-order valence-corrected chi connectivity index (χ4v) is 2.15. The largest absolute Gasteiger partial charge is 0.375 e. The average Bonchev–Trinajstić information content (AvgIpc) is 2.37. The van der Waals surface area contributed by atoms with E-state index in [1.54, 1.807) is 20.8 Å². The van der Waals surface area contributed by atoms with Gasteiger partial charge in [-0.15, -0.1) is 0 Å². The zero-order valence-electron chi connectivity index (χ0n) is 11.9. The van der Waals surface area contributed by atoms with Crippen molar-refractivity contribution < 1.29 is 17.7 Å². The topological polar surface area (TPSA) is 38.3 Å². The van der Waals surface area contributed by atoms with Crippen LogP contribution in [0.4, 0.5) is 8.78 Å². The van der Waals surface area contributed by atoms with Crippen molar-refractivity contribution in [3.05, 3.63) is 35.9 Å². The van der Waals surface area contributed by atoms with Gasteiger partial charge in [0.2, 0.25) is 0 Å². The van der Waals surface area contributed by atoms with E-state index >= 15 is 0 Å². The van der Waals surface area contributed by atoms with Gasteiger partial charge in [-0.25, -0.2) is 17.7 Å². The van der Waals surface area contributed by atoms with E-state index in [9.17, 15) is 13.0 Å². The first kappa shape index (κ1) is 17.2. The molecule has 1 aromatic rings. The molecular formula is C14H21F2NO2S. The van der Waals surface area contributed by atoms with Crippen LogP contribution < -0.4 is 4.72 Å². The summed E-state index contributed by atoms with van der Waals surface area (Å²) in [5.74, 6) is 0. The summed E-state index contributed by atoms with van der Waals surface area (Å²) in [5.41, 5.74) is 0.914. The molecule has 20 heavy (non-hydrogen) atoms. The molecule has 0 saturated carbocycles. The van der Waals surface area contributed by atoms with E-state index in [2.05, 4.69) is 4.72 Å². The second-order valence-corrected chi connectivity index (χ2v) is 7.44. The van der Waals surface area contributed by atoms with Gasteiger partial charge < -0.3 is 4.74 Å². The molecule has 0 radical (unpaired) electrons. The minimum Gasteiger partial charge on any atom is -0.375 e. The SMILES string of the molecule is CC(C)(C)[S@](=O)N[C@@H](COCc1ccccc1)C(F)F. The van der Waals surface area contributed by atoms with Crippen molar-refractivity contribution in [3.8, 4) is 0 Å². The van der Waals surface area contributed by atoms with Crippen LogP contribution in [-0.2, 0) is 22.3 Å². The molecule has 1 aromatic carbocycles. The van der Waals surface area contributed by atoms with Gasteiger partial charge in [-0.1, -0.05) is 30.3 Å². The van der Waals surface area contributed by atoms with E-state index in [-0.39, 0.29) is 13.2 Å². The van der Waals surface area contributed by atoms with Crippen LogP contribution in [0.15, 0.2) is 30.3 Å². The lowest BCUT2D eigenvalue weighted by molar-refractivity contribution is 0.0339. The maximum atomic E-state index is 12.9. The lowest BCUT2D eigenvalue weighted by atomic mass is 10.2. The summed E-state index contributed by atoms with van der Waals surface area (Å²) in [5, 5.41) is 0. The first-order valence-corrected chi connectivity index (χ1v) is 7.53. The third kappa shape index (κ3) is 6.07. The molecule has 6 heteroatoms. The highest BCUT2D eigenvalue weighted by Gasteiger charge is 2.27. The van der Waals surface area contributed by atoms with Crippen LogP contribution in [0.1, 0.15) is 26.3 Å². The quantitative estimate of drug-likeness (QED) is 0.841. The number of benzene rings is 1. The van der Waals surface area contributed by atoms with Crippen molar-refractivity contribution in [2.45, 2.75) is 44.6 Å². The molecule has 1 rings (SSSR count). The van der Waals surface area contributed by atoms with Crippen molar-refractivity contribution in [1.29, 1.82) is 0 Å². The number of hydrogen-bond donors (Lipinski definition) is 1. The van der Waals surface area contributed by atoms with Gasteiger partial charge in [0, 0.05) is 0 Å². The predicted molar refractivity (Wildman–Crippen MR) is 76.9 cm³/mol. The Morgan fingerprint density at radius 2 is 1.85 bits per heavy atom. The molecule has 2 atom stereocenters. The minimum absolute atomic E-state index is 0.186. The van der Waals surface area contributed by atoms with Gasteiger partial charge in [0.25, 0.3) is 6.43 Å². The van der Waals surface area contributed by atoms with Crippen LogP contribution in [0.2, 0.25) is 0 Å². The van der Waals surface area contributed by atoms with Crippen molar-refractivity contribution in [2.75, 3.05) is 6.61 Å². The third-order valence-electron chi connectivity index (χ3n) is 2.53. The molecule has 0 aliphatic carbocycles. The Morgan fingerprint density at radius 1 is 1.25 bits per heavy atom. The number of halogens is 2. The smallest absolute Gasteiger partial charge is 0.256 e. The third-order valence-corrected chi connectivity index (χ3v) is 4.16. The Bertz CT molecular complexity index is 421. The Morgan fingerprint density at radius 3 is 2.35 bits per heavy atom. The highest BCUT2D eigenvalue weighted by Crippen LogP contribution is 2.12. The number of alkyl halides is 2. The van der Waals surface area contributed by atoms with Crippen LogP contribution in [0.3, 0.4) is 0 Å². The normalized spacial score (nSPS) is 15.3. The monoisotopic (exact) mass is 305 g/mol.